The van der Waals surface area contributed by atoms with E-state index in [1.165, 1.54) is 0 Å². The van der Waals surface area contributed by atoms with Gasteiger partial charge < -0.3 is 19.5 Å². The van der Waals surface area contributed by atoms with Crippen LogP contribution in [0.2, 0.25) is 0 Å². The van der Waals surface area contributed by atoms with Crippen LogP contribution in [0.5, 0.6) is 11.5 Å². The van der Waals surface area contributed by atoms with Crippen LogP contribution in [0.15, 0.2) is 35.1 Å². The first-order valence-corrected chi connectivity index (χ1v) is 8.78. The van der Waals surface area contributed by atoms with Crippen LogP contribution in [-0.4, -0.2) is 33.7 Å². The second kappa shape index (κ2) is 6.83. The standard InChI is InChI=1S/C17H15BrN4O4/c1-2-24-16(23)12-8-22-15(21-12)11(18)7-20-17(22)19-6-10-4-3-5-13-14(10)26-9-25-13/h3-5,7-8H,2,6,9H2,1H3,(H,19,20). The fourth-order valence-corrected chi connectivity index (χ4v) is 3.07. The van der Waals surface area contributed by atoms with Gasteiger partial charge in [-0.15, -0.1) is 0 Å². The third-order valence-corrected chi connectivity index (χ3v) is 4.41. The topological polar surface area (TPSA) is 87.0 Å². The molecule has 0 unspecified atom stereocenters. The van der Waals surface area contributed by atoms with Gasteiger partial charge in [-0.1, -0.05) is 12.1 Å². The Morgan fingerprint density at radius 3 is 3.15 bits per heavy atom. The van der Waals surface area contributed by atoms with Gasteiger partial charge in [0.15, 0.2) is 22.8 Å². The molecule has 3 aromatic rings. The van der Waals surface area contributed by atoms with Crippen molar-refractivity contribution in [3.05, 3.63) is 46.3 Å². The third-order valence-electron chi connectivity index (χ3n) is 3.85. The zero-order valence-corrected chi connectivity index (χ0v) is 15.4. The van der Waals surface area contributed by atoms with Gasteiger partial charge in [0.2, 0.25) is 12.7 Å². The molecule has 26 heavy (non-hydrogen) atoms. The van der Waals surface area contributed by atoms with Crippen LogP contribution in [0.3, 0.4) is 0 Å². The highest BCUT2D eigenvalue weighted by molar-refractivity contribution is 9.10. The molecule has 3 heterocycles. The maximum absolute atomic E-state index is 12.0. The number of aromatic nitrogens is 3. The first-order valence-electron chi connectivity index (χ1n) is 7.99. The average molecular weight is 419 g/mol. The van der Waals surface area contributed by atoms with Crippen molar-refractivity contribution < 1.29 is 19.0 Å². The van der Waals surface area contributed by atoms with E-state index in [4.69, 9.17) is 14.2 Å². The van der Waals surface area contributed by atoms with Gasteiger partial charge in [0.05, 0.1) is 11.1 Å². The summed E-state index contributed by atoms with van der Waals surface area (Å²) in [6, 6.07) is 5.73. The number of hydrogen-bond donors (Lipinski definition) is 1. The first-order chi connectivity index (χ1) is 12.7. The van der Waals surface area contributed by atoms with Gasteiger partial charge in [-0.25, -0.2) is 14.8 Å². The normalized spacial score (nSPS) is 12.4. The summed E-state index contributed by atoms with van der Waals surface area (Å²) in [6.07, 6.45) is 3.23. The maximum Gasteiger partial charge on any atom is 0.358 e. The van der Waals surface area contributed by atoms with E-state index < -0.39 is 5.97 Å². The SMILES string of the molecule is CCOC(=O)c1cn2c(NCc3cccc4c3OCO4)ncc(Br)c2n1. The van der Waals surface area contributed by atoms with Gasteiger partial charge in [0, 0.05) is 24.5 Å². The van der Waals surface area contributed by atoms with Gasteiger partial charge in [0.25, 0.3) is 0 Å². The van der Waals surface area contributed by atoms with Gasteiger partial charge >= 0.3 is 5.97 Å². The average Bonchev–Trinajstić information content (AvgIpc) is 3.29. The summed E-state index contributed by atoms with van der Waals surface area (Å²) < 4.78 is 18.3. The Bertz CT molecular complexity index is 988. The molecule has 0 radical (unpaired) electrons. The third kappa shape index (κ3) is 2.94. The van der Waals surface area contributed by atoms with E-state index in [-0.39, 0.29) is 12.5 Å². The second-order valence-corrected chi connectivity index (χ2v) is 6.33. The smallest absolute Gasteiger partial charge is 0.358 e. The number of esters is 1. The largest absolute Gasteiger partial charge is 0.461 e. The van der Waals surface area contributed by atoms with Crippen molar-refractivity contribution in [1.82, 2.24) is 14.4 Å². The first kappa shape index (κ1) is 16.6. The van der Waals surface area contributed by atoms with Crippen LogP contribution in [0, 0.1) is 0 Å². The van der Waals surface area contributed by atoms with Crippen molar-refractivity contribution in [1.29, 1.82) is 0 Å². The number of imidazole rings is 1. The fourth-order valence-electron chi connectivity index (χ4n) is 2.69. The zero-order chi connectivity index (χ0) is 18.1. The number of carbonyl (C=O) groups is 1. The lowest BCUT2D eigenvalue weighted by Gasteiger charge is -2.10. The Kier molecular flexibility index (Phi) is 4.37. The molecular formula is C17H15BrN4O4. The van der Waals surface area contributed by atoms with Crippen molar-refractivity contribution in [3.63, 3.8) is 0 Å². The minimum absolute atomic E-state index is 0.220. The summed E-state index contributed by atoms with van der Waals surface area (Å²) in [7, 11) is 0. The Morgan fingerprint density at radius 2 is 2.31 bits per heavy atom. The van der Waals surface area contributed by atoms with Crippen LogP contribution in [0.1, 0.15) is 23.0 Å². The molecule has 4 rings (SSSR count). The molecule has 0 atom stereocenters. The Morgan fingerprint density at radius 1 is 1.42 bits per heavy atom. The fraction of sp³-hybridized carbons (Fsp3) is 0.235. The molecule has 1 aromatic carbocycles. The molecule has 0 saturated heterocycles. The number of ether oxygens (including phenoxy) is 3. The molecule has 0 spiro atoms. The Labute approximate surface area is 157 Å². The summed E-state index contributed by atoms with van der Waals surface area (Å²) in [6.45, 7) is 2.74. The van der Waals surface area contributed by atoms with Crippen LogP contribution in [0.4, 0.5) is 5.95 Å². The molecule has 0 bridgehead atoms. The van der Waals surface area contributed by atoms with Crippen LogP contribution in [0.25, 0.3) is 5.65 Å². The highest BCUT2D eigenvalue weighted by Crippen LogP contribution is 2.35. The number of nitrogens with zero attached hydrogens (tertiary/aromatic N) is 3. The van der Waals surface area contributed by atoms with Crippen molar-refractivity contribution in [2.24, 2.45) is 0 Å². The van der Waals surface area contributed by atoms with E-state index in [0.29, 0.717) is 29.2 Å². The molecule has 1 aliphatic rings. The molecule has 8 nitrogen and oxygen atoms in total. The maximum atomic E-state index is 12.0. The van der Waals surface area contributed by atoms with E-state index in [9.17, 15) is 4.79 Å². The highest BCUT2D eigenvalue weighted by atomic mass is 79.9. The number of carbonyl (C=O) groups excluding carboxylic acids is 1. The van der Waals surface area contributed by atoms with Crippen molar-refractivity contribution in [2.45, 2.75) is 13.5 Å². The molecule has 134 valence electrons. The predicted molar refractivity (Wildman–Crippen MR) is 96.5 cm³/mol. The highest BCUT2D eigenvalue weighted by Gasteiger charge is 2.19. The summed E-state index contributed by atoms with van der Waals surface area (Å²) in [5.41, 5.74) is 1.74. The molecule has 1 N–H and O–H groups in total. The lowest BCUT2D eigenvalue weighted by molar-refractivity contribution is 0.0520. The molecule has 0 fully saturated rings. The second-order valence-electron chi connectivity index (χ2n) is 5.47. The summed E-state index contributed by atoms with van der Waals surface area (Å²) in [5, 5.41) is 3.25. The van der Waals surface area contributed by atoms with Gasteiger partial charge in [0.1, 0.15) is 0 Å². The number of fused-ring (bicyclic) bond motifs is 2. The number of rotatable bonds is 5. The summed E-state index contributed by atoms with van der Waals surface area (Å²) in [4.78, 5) is 20.7. The van der Waals surface area contributed by atoms with E-state index in [1.54, 1.807) is 23.7 Å². The van der Waals surface area contributed by atoms with E-state index in [0.717, 1.165) is 17.1 Å². The molecule has 1 aliphatic heterocycles. The Balaban J connectivity index is 1.64. The van der Waals surface area contributed by atoms with E-state index in [2.05, 4.69) is 31.2 Å². The molecule has 0 amide bonds. The zero-order valence-electron chi connectivity index (χ0n) is 13.9. The number of hydrogen-bond acceptors (Lipinski definition) is 7. The minimum atomic E-state index is -0.472. The van der Waals surface area contributed by atoms with Crippen LogP contribution in [-0.2, 0) is 11.3 Å². The number of benzene rings is 1. The lowest BCUT2D eigenvalue weighted by atomic mass is 10.2. The van der Waals surface area contributed by atoms with Crippen molar-refractivity contribution in [2.75, 3.05) is 18.7 Å². The minimum Gasteiger partial charge on any atom is -0.461 e. The van der Waals surface area contributed by atoms with Crippen molar-refractivity contribution >= 4 is 33.5 Å². The summed E-state index contributed by atoms with van der Waals surface area (Å²) >= 11 is 3.41. The number of nitrogens with one attached hydrogen (secondary N) is 1. The number of anilines is 1. The monoisotopic (exact) mass is 418 g/mol. The van der Waals surface area contributed by atoms with E-state index in [1.807, 2.05) is 18.2 Å². The molecule has 0 saturated carbocycles. The van der Waals surface area contributed by atoms with Gasteiger partial charge in [-0.05, 0) is 28.9 Å². The van der Waals surface area contributed by atoms with Crippen LogP contribution < -0.4 is 14.8 Å². The number of para-hydroxylation sites is 1. The van der Waals surface area contributed by atoms with Gasteiger partial charge in [-0.3, -0.25) is 4.40 Å². The Hall–Kier alpha value is -2.81. The molecular weight excluding hydrogens is 404 g/mol. The van der Waals surface area contributed by atoms with E-state index >= 15 is 0 Å². The molecule has 9 heteroatoms. The summed E-state index contributed by atoms with van der Waals surface area (Å²) in [5.74, 6) is 1.53. The van der Waals surface area contributed by atoms with Gasteiger partial charge in [-0.2, -0.15) is 0 Å². The lowest BCUT2D eigenvalue weighted by Crippen LogP contribution is -2.07. The molecule has 2 aromatic heterocycles. The predicted octanol–water partition coefficient (Wildman–Crippen LogP) is 3.01. The quantitative estimate of drug-likeness (QED) is 0.637. The number of halogens is 1. The molecule has 0 aliphatic carbocycles. The van der Waals surface area contributed by atoms with Crippen molar-refractivity contribution in [3.8, 4) is 11.5 Å². The van der Waals surface area contributed by atoms with Crippen LogP contribution >= 0.6 is 15.9 Å².